The third-order valence-electron chi connectivity index (χ3n) is 4.88. The smallest absolute Gasteiger partial charge is 0.305 e. The lowest BCUT2D eigenvalue weighted by atomic mass is 10.1. The van der Waals surface area contributed by atoms with Crippen molar-refractivity contribution in [3.05, 3.63) is 95.5 Å². The molecule has 7 nitrogen and oxygen atoms in total. The zero-order chi connectivity index (χ0) is 23.2. The first kappa shape index (κ1) is 21.9. The van der Waals surface area contributed by atoms with E-state index in [0.29, 0.717) is 29.1 Å². The van der Waals surface area contributed by atoms with Crippen LogP contribution in [0.15, 0.2) is 77.2 Å². The van der Waals surface area contributed by atoms with Crippen LogP contribution < -0.4 is 20.3 Å². The number of aryl methyl sites for hydroxylation is 1. The molecule has 33 heavy (non-hydrogen) atoms. The number of furan rings is 1. The first-order valence-corrected chi connectivity index (χ1v) is 10.2. The van der Waals surface area contributed by atoms with Gasteiger partial charge in [-0.05, 0) is 42.8 Å². The van der Waals surface area contributed by atoms with Crippen molar-refractivity contribution in [2.45, 2.75) is 13.5 Å². The number of carbonyl (C=O) groups is 2. The summed E-state index contributed by atoms with van der Waals surface area (Å²) in [7, 11) is 0. The van der Waals surface area contributed by atoms with Gasteiger partial charge in [0, 0.05) is 10.9 Å². The molecule has 0 aliphatic heterocycles. The van der Waals surface area contributed by atoms with Gasteiger partial charge in [0.1, 0.15) is 18.1 Å². The van der Waals surface area contributed by atoms with Gasteiger partial charge >= 0.3 is 5.91 Å². The van der Waals surface area contributed by atoms with Crippen molar-refractivity contribution in [2.24, 2.45) is 0 Å². The minimum Gasteiger partial charge on any atom is -0.489 e. The van der Waals surface area contributed by atoms with Crippen LogP contribution >= 0.6 is 0 Å². The van der Waals surface area contributed by atoms with E-state index in [4.69, 9.17) is 13.9 Å². The van der Waals surface area contributed by atoms with Crippen LogP contribution in [0.5, 0.6) is 11.5 Å². The van der Waals surface area contributed by atoms with Gasteiger partial charge in [0.25, 0.3) is 5.91 Å². The van der Waals surface area contributed by atoms with Gasteiger partial charge in [-0.15, -0.1) is 0 Å². The van der Waals surface area contributed by atoms with E-state index in [2.05, 4.69) is 10.9 Å². The normalized spacial score (nSPS) is 10.6. The lowest BCUT2D eigenvalue weighted by Crippen LogP contribution is -2.43. The summed E-state index contributed by atoms with van der Waals surface area (Å²) < 4.78 is 30.3. The number of fused-ring (bicyclic) bond motifs is 1. The van der Waals surface area contributed by atoms with Crippen LogP contribution in [0.4, 0.5) is 4.39 Å². The van der Waals surface area contributed by atoms with E-state index in [-0.39, 0.29) is 18.0 Å². The number of hydrazine groups is 1. The molecule has 0 unspecified atom stereocenters. The fraction of sp³-hybridized carbons (Fsp3) is 0.120. The van der Waals surface area contributed by atoms with Gasteiger partial charge in [0.05, 0.1) is 0 Å². The Bertz CT molecular complexity index is 1270. The predicted octanol–water partition coefficient (Wildman–Crippen LogP) is 4.30. The van der Waals surface area contributed by atoms with Crippen molar-refractivity contribution in [2.75, 3.05) is 6.61 Å². The van der Waals surface area contributed by atoms with Gasteiger partial charge in [-0.25, -0.2) is 4.39 Å². The van der Waals surface area contributed by atoms with E-state index < -0.39 is 17.6 Å². The molecule has 0 saturated heterocycles. The number of para-hydroxylation sites is 1. The van der Waals surface area contributed by atoms with Crippen LogP contribution in [-0.2, 0) is 11.4 Å². The second-order valence-electron chi connectivity index (χ2n) is 7.21. The van der Waals surface area contributed by atoms with E-state index >= 15 is 0 Å². The number of ether oxygens (including phenoxy) is 2. The van der Waals surface area contributed by atoms with Crippen molar-refractivity contribution in [3.63, 3.8) is 0 Å². The number of hydrogen-bond donors (Lipinski definition) is 2. The van der Waals surface area contributed by atoms with Gasteiger partial charge in [-0.3, -0.25) is 20.4 Å². The molecule has 4 rings (SSSR count). The Hall–Kier alpha value is -4.33. The third kappa shape index (κ3) is 5.30. The van der Waals surface area contributed by atoms with E-state index in [1.807, 2.05) is 30.3 Å². The van der Waals surface area contributed by atoms with Gasteiger partial charge in [0.15, 0.2) is 23.8 Å². The van der Waals surface area contributed by atoms with E-state index in [9.17, 15) is 14.0 Å². The summed E-state index contributed by atoms with van der Waals surface area (Å²) in [6, 6.07) is 21.0. The quantitative estimate of drug-likeness (QED) is 0.412. The van der Waals surface area contributed by atoms with E-state index in [1.165, 1.54) is 12.1 Å². The highest BCUT2D eigenvalue weighted by atomic mass is 19.1. The summed E-state index contributed by atoms with van der Waals surface area (Å²) >= 11 is 0. The van der Waals surface area contributed by atoms with E-state index in [0.717, 1.165) is 5.56 Å². The maximum absolute atomic E-state index is 13.8. The average molecular weight is 448 g/mol. The van der Waals surface area contributed by atoms with Crippen LogP contribution in [0, 0.1) is 12.7 Å². The highest BCUT2D eigenvalue weighted by molar-refractivity contribution is 5.99. The number of amides is 2. The summed E-state index contributed by atoms with van der Waals surface area (Å²) in [6.45, 7) is 1.76. The van der Waals surface area contributed by atoms with Crippen LogP contribution in [-0.4, -0.2) is 18.4 Å². The number of nitrogens with one attached hydrogen (secondary N) is 2. The second kappa shape index (κ2) is 9.86. The summed E-state index contributed by atoms with van der Waals surface area (Å²) in [5.41, 5.74) is 6.01. The summed E-state index contributed by atoms with van der Waals surface area (Å²) in [5.74, 6) is -0.789. The van der Waals surface area contributed by atoms with Gasteiger partial charge in [0.2, 0.25) is 0 Å². The maximum atomic E-state index is 13.8. The topological polar surface area (TPSA) is 89.8 Å². The lowest BCUT2D eigenvalue weighted by molar-refractivity contribution is -0.123. The summed E-state index contributed by atoms with van der Waals surface area (Å²) in [5, 5.41) is 0.492. The monoisotopic (exact) mass is 448 g/mol. The second-order valence-corrected chi connectivity index (χ2v) is 7.21. The van der Waals surface area contributed by atoms with Crippen molar-refractivity contribution in [1.82, 2.24) is 10.9 Å². The molecule has 168 valence electrons. The van der Waals surface area contributed by atoms with Gasteiger partial charge in [-0.1, -0.05) is 42.5 Å². The molecule has 0 aliphatic rings. The maximum Gasteiger partial charge on any atom is 0.305 e. The summed E-state index contributed by atoms with van der Waals surface area (Å²) in [6.07, 6.45) is 0. The Morgan fingerprint density at radius 2 is 1.58 bits per heavy atom. The minimum atomic E-state index is -0.698. The molecule has 2 N–H and O–H groups in total. The molecule has 0 radical (unpaired) electrons. The molecule has 0 aliphatic carbocycles. The Balaban J connectivity index is 1.24. The fourth-order valence-electron chi connectivity index (χ4n) is 3.17. The van der Waals surface area contributed by atoms with Crippen LogP contribution in [0.3, 0.4) is 0 Å². The minimum absolute atomic E-state index is 0.00833. The predicted molar refractivity (Wildman–Crippen MR) is 119 cm³/mol. The van der Waals surface area contributed by atoms with E-state index in [1.54, 1.807) is 37.3 Å². The average Bonchev–Trinajstić information content (AvgIpc) is 3.19. The molecule has 1 aromatic heterocycles. The molecule has 0 fully saturated rings. The number of halogens is 1. The standard InChI is InChI=1S/C25H21FN2O5/c1-16-20-8-5-9-21(26)24(20)33-23(16)25(30)28-27-22(29)15-32-19-12-10-18(11-13-19)31-14-17-6-3-2-4-7-17/h2-13H,14-15H2,1H3,(H,27,29)(H,28,30). The largest absolute Gasteiger partial charge is 0.489 e. The summed E-state index contributed by atoms with van der Waals surface area (Å²) in [4.78, 5) is 24.4. The lowest BCUT2D eigenvalue weighted by Gasteiger charge is -2.10. The molecule has 2 amide bonds. The Labute approximate surface area is 189 Å². The molecule has 0 spiro atoms. The van der Waals surface area contributed by atoms with Crippen molar-refractivity contribution in [3.8, 4) is 11.5 Å². The molecular weight excluding hydrogens is 427 g/mol. The first-order valence-electron chi connectivity index (χ1n) is 10.2. The number of carbonyl (C=O) groups excluding carboxylic acids is 2. The zero-order valence-electron chi connectivity index (χ0n) is 17.8. The van der Waals surface area contributed by atoms with Crippen molar-refractivity contribution >= 4 is 22.8 Å². The Morgan fingerprint density at radius 1 is 0.879 bits per heavy atom. The Morgan fingerprint density at radius 3 is 2.27 bits per heavy atom. The van der Waals surface area contributed by atoms with Gasteiger partial charge < -0.3 is 13.9 Å². The fourth-order valence-corrected chi connectivity index (χ4v) is 3.17. The highest BCUT2D eigenvalue weighted by Gasteiger charge is 2.20. The Kier molecular flexibility index (Phi) is 6.54. The third-order valence-corrected chi connectivity index (χ3v) is 4.88. The SMILES string of the molecule is Cc1c(C(=O)NNC(=O)COc2ccc(OCc3ccccc3)cc2)oc2c(F)cccc12. The van der Waals surface area contributed by atoms with Gasteiger partial charge in [-0.2, -0.15) is 0 Å². The van der Waals surface area contributed by atoms with Crippen LogP contribution in [0.1, 0.15) is 21.7 Å². The number of benzene rings is 3. The number of rotatable bonds is 7. The molecule has 0 saturated carbocycles. The zero-order valence-corrected chi connectivity index (χ0v) is 17.8. The van der Waals surface area contributed by atoms with Crippen molar-refractivity contribution in [1.29, 1.82) is 0 Å². The van der Waals surface area contributed by atoms with Crippen LogP contribution in [0.2, 0.25) is 0 Å². The molecule has 0 atom stereocenters. The molecule has 8 heteroatoms. The van der Waals surface area contributed by atoms with Crippen LogP contribution in [0.25, 0.3) is 11.0 Å². The van der Waals surface area contributed by atoms with Crippen molar-refractivity contribution < 1.29 is 27.9 Å². The molecule has 3 aromatic carbocycles. The molecule has 0 bridgehead atoms. The molecule has 4 aromatic rings. The first-order chi connectivity index (χ1) is 16.0. The molecular formula is C25H21FN2O5. The highest BCUT2D eigenvalue weighted by Crippen LogP contribution is 2.27. The number of hydrogen-bond acceptors (Lipinski definition) is 5. The molecule has 1 heterocycles.